The largest absolute Gasteiger partial charge is 0.480 e. The highest BCUT2D eigenvalue weighted by Crippen LogP contribution is 2.28. The van der Waals surface area contributed by atoms with Crippen LogP contribution in [0, 0.1) is 0 Å². The molecule has 6 nitrogen and oxygen atoms in total. The van der Waals surface area contributed by atoms with Crippen molar-refractivity contribution in [1.82, 2.24) is 10.2 Å². The van der Waals surface area contributed by atoms with Gasteiger partial charge in [0, 0.05) is 6.04 Å². The molecule has 1 atom stereocenters. The maximum Gasteiger partial charge on any atom is 0.326 e. The molecule has 1 fully saturated rings. The second-order valence-corrected chi connectivity index (χ2v) is 5.65. The fourth-order valence-corrected chi connectivity index (χ4v) is 2.59. The Morgan fingerprint density at radius 2 is 2.20 bits per heavy atom. The van der Waals surface area contributed by atoms with Crippen molar-refractivity contribution < 1.29 is 19.5 Å². The van der Waals surface area contributed by atoms with Gasteiger partial charge in [-0.1, -0.05) is 6.07 Å². The monoisotopic (exact) mass is 296 g/mol. The Bertz CT molecular complexity index is 510. The van der Waals surface area contributed by atoms with E-state index < -0.39 is 12.0 Å². The fraction of sp³-hybridized carbons (Fsp3) is 0.462. The van der Waals surface area contributed by atoms with Crippen molar-refractivity contribution in [3.63, 3.8) is 0 Å². The van der Waals surface area contributed by atoms with E-state index in [-0.39, 0.29) is 24.4 Å². The van der Waals surface area contributed by atoms with Crippen LogP contribution in [0.15, 0.2) is 17.5 Å². The Labute approximate surface area is 120 Å². The summed E-state index contributed by atoms with van der Waals surface area (Å²) in [4.78, 5) is 36.7. The number of nitrogens with one attached hydrogen (secondary N) is 1. The summed E-state index contributed by atoms with van der Waals surface area (Å²) in [5.74, 6) is -1.70. The number of aliphatic carboxylic acids is 1. The average Bonchev–Trinajstić information content (AvgIpc) is 3.08. The van der Waals surface area contributed by atoms with Crippen molar-refractivity contribution in [2.45, 2.75) is 31.8 Å². The minimum absolute atomic E-state index is 0.00719. The van der Waals surface area contributed by atoms with Gasteiger partial charge in [-0.15, -0.1) is 11.3 Å². The van der Waals surface area contributed by atoms with Crippen LogP contribution in [0.5, 0.6) is 0 Å². The van der Waals surface area contributed by atoms with Gasteiger partial charge in [0.1, 0.15) is 6.04 Å². The Hall–Kier alpha value is -1.89. The zero-order chi connectivity index (χ0) is 14.7. The van der Waals surface area contributed by atoms with E-state index in [1.807, 2.05) is 0 Å². The van der Waals surface area contributed by atoms with Gasteiger partial charge in [-0.3, -0.25) is 9.59 Å². The molecule has 1 unspecified atom stereocenters. The third-order valence-electron chi connectivity index (χ3n) is 3.15. The van der Waals surface area contributed by atoms with E-state index >= 15 is 0 Å². The smallest absolute Gasteiger partial charge is 0.326 e. The number of rotatable bonds is 6. The molecule has 2 N–H and O–H groups in total. The van der Waals surface area contributed by atoms with Crippen molar-refractivity contribution >= 4 is 29.1 Å². The lowest BCUT2D eigenvalue weighted by molar-refractivity contribution is -0.149. The zero-order valence-electron chi connectivity index (χ0n) is 11.0. The van der Waals surface area contributed by atoms with E-state index in [1.54, 1.807) is 17.5 Å². The van der Waals surface area contributed by atoms with Gasteiger partial charge in [0.25, 0.3) is 5.91 Å². The highest BCUT2D eigenvalue weighted by molar-refractivity contribution is 7.12. The molecular weight excluding hydrogens is 280 g/mol. The molecule has 1 aliphatic carbocycles. The summed E-state index contributed by atoms with van der Waals surface area (Å²) in [5, 5.41) is 13.3. The van der Waals surface area contributed by atoms with Gasteiger partial charge < -0.3 is 15.3 Å². The summed E-state index contributed by atoms with van der Waals surface area (Å²) in [6.45, 7) is 1.31. The van der Waals surface area contributed by atoms with E-state index in [1.165, 1.54) is 23.2 Å². The van der Waals surface area contributed by atoms with E-state index in [4.69, 9.17) is 5.11 Å². The molecule has 108 valence electrons. The van der Waals surface area contributed by atoms with E-state index in [9.17, 15) is 14.4 Å². The molecule has 0 spiro atoms. The third-order valence-corrected chi connectivity index (χ3v) is 4.02. The average molecular weight is 296 g/mol. The second kappa shape index (κ2) is 6.04. The van der Waals surface area contributed by atoms with E-state index in [0.29, 0.717) is 4.88 Å². The second-order valence-electron chi connectivity index (χ2n) is 4.71. The first-order valence-electron chi connectivity index (χ1n) is 6.36. The number of hydrogen-bond acceptors (Lipinski definition) is 4. The van der Waals surface area contributed by atoms with Crippen LogP contribution in [-0.2, 0) is 9.59 Å². The molecule has 1 aliphatic rings. The van der Waals surface area contributed by atoms with Crippen LogP contribution in [-0.4, -0.2) is 46.4 Å². The first-order valence-corrected chi connectivity index (χ1v) is 7.24. The Morgan fingerprint density at radius 1 is 1.50 bits per heavy atom. The quantitative estimate of drug-likeness (QED) is 0.818. The minimum Gasteiger partial charge on any atom is -0.480 e. The first-order chi connectivity index (χ1) is 9.50. The lowest BCUT2D eigenvalue weighted by Crippen LogP contribution is -2.48. The molecule has 1 saturated carbocycles. The minimum atomic E-state index is -1.03. The molecule has 1 aromatic heterocycles. The highest BCUT2D eigenvalue weighted by atomic mass is 32.1. The topological polar surface area (TPSA) is 86.7 Å². The molecule has 0 aromatic carbocycles. The lowest BCUT2D eigenvalue weighted by Gasteiger charge is -2.26. The summed E-state index contributed by atoms with van der Waals surface area (Å²) in [6, 6.07) is 2.55. The van der Waals surface area contributed by atoms with Gasteiger partial charge in [0.15, 0.2) is 0 Å². The molecular formula is C13H16N2O4S. The number of carboxylic acid groups (broad SMARTS) is 1. The molecule has 2 amide bonds. The normalized spacial score (nSPS) is 15.4. The van der Waals surface area contributed by atoms with Crippen LogP contribution in [0.25, 0.3) is 0 Å². The highest BCUT2D eigenvalue weighted by Gasteiger charge is 2.38. The predicted molar refractivity (Wildman–Crippen MR) is 73.6 cm³/mol. The van der Waals surface area contributed by atoms with Crippen molar-refractivity contribution in [1.29, 1.82) is 0 Å². The third kappa shape index (κ3) is 3.36. The maximum absolute atomic E-state index is 12.1. The van der Waals surface area contributed by atoms with Gasteiger partial charge in [-0.2, -0.15) is 0 Å². The maximum atomic E-state index is 12.1. The molecule has 7 heteroatoms. The molecule has 0 aliphatic heterocycles. The Balaban J connectivity index is 1.92. The number of amides is 2. The molecule has 1 heterocycles. The molecule has 2 rings (SSSR count). The van der Waals surface area contributed by atoms with E-state index in [2.05, 4.69) is 5.32 Å². The van der Waals surface area contributed by atoms with Gasteiger partial charge in [-0.25, -0.2) is 4.79 Å². The summed E-state index contributed by atoms with van der Waals surface area (Å²) in [6.07, 6.45) is 1.64. The summed E-state index contributed by atoms with van der Waals surface area (Å²) in [5.41, 5.74) is 0. The van der Waals surface area contributed by atoms with Crippen molar-refractivity contribution in [3.05, 3.63) is 22.4 Å². The molecule has 0 radical (unpaired) electrons. The van der Waals surface area contributed by atoms with Crippen molar-refractivity contribution in [2.75, 3.05) is 6.54 Å². The zero-order valence-corrected chi connectivity index (χ0v) is 11.9. The molecule has 0 saturated heterocycles. The number of carboxylic acids is 1. The fourth-order valence-electron chi connectivity index (χ4n) is 1.95. The molecule has 0 bridgehead atoms. The summed E-state index contributed by atoms with van der Waals surface area (Å²) >= 11 is 1.29. The lowest BCUT2D eigenvalue weighted by atomic mass is 10.2. The predicted octanol–water partition coefficient (Wildman–Crippen LogP) is 0.942. The number of nitrogens with zero attached hydrogens (tertiary/aromatic N) is 1. The van der Waals surface area contributed by atoms with Crippen molar-refractivity contribution in [2.24, 2.45) is 0 Å². The Kier molecular flexibility index (Phi) is 4.39. The number of hydrogen-bond donors (Lipinski definition) is 2. The van der Waals surface area contributed by atoms with E-state index in [0.717, 1.165) is 12.8 Å². The van der Waals surface area contributed by atoms with Crippen LogP contribution in [0.4, 0.5) is 0 Å². The van der Waals surface area contributed by atoms with Gasteiger partial charge in [-0.05, 0) is 31.2 Å². The van der Waals surface area contributed by atoms with Crippen LogP contribution < -0.4 is 5.32 Å². The van der Waals surface area contributed by atoms with Crippen LogP contribution in [0.1, 0.15) is 29.4 Å². The van der Waals surface area contributed by atoms with Crippen LogP contribution in [0.3, 0.4) is 0 Å². The SMILES string of the molecule is CC(C(=O)O)N(C(=O)CNC(=O)c1cccs1)C1CC1. The van der Waals surface area contributed by atoms with Crippen LogP contribution >= 0.6 is 11.3 Å². The number of carbonyl (C=O) groups excluding carboxylic acids is 2. The molecule has 20 heavy (non-hydrogen) atoms. The first kappa shape index (κ1) is 14.5. The van der Waals surface area contributed by atoms with Crippen LogP contribution in [0.2, 0.25) is 0 Å². The number of thiophene rings is 1. The molecule has 1 aromatic rings. The van der Waals surface area contributed by atoms with Crippen molar-refractivity contribution in [3.8, 4) is 0 Å². The standard InChI is InChI=1S/C13H16N2O4S/c1-8(13(18)19)15(9-4-5-9)11(16)7-14-12(17)10-3-2-6-20-10/h2-3,6,8-9H,4-5,7H2,1H3,(H,14,17)(H,18,19). The van der Waals surface area contributed by atoms with Gasteiger partial charge in [0.2, 0.25) is 5.91 Å². The van der Waals surface area contributed by atoms with Gasteiger partial charge in [0.05, 0.1) is 11.4 Å². The Morgan fingerprint density at radius 3 is 2.70 bits per heavy atom. The van der Waals surface area contributed by atoms with Gasteiger partial charge >= 0.3 is 5.97 Å². The summed E-state index contributed by atoms with van der Waals surface area (Å²) in [7, 11) is 0. The summed E-state index contributed by atoms with van der Waals surface area (Å²) < 4.78 is 0. The number of carbonyl (C=O) groups is 3.